The van der Waals surface area contributed by atoms with Gasteiger partial charge in [0.1, 0.15) is 12.2 Å². The van der Waals surface area contributed by atoms with Crippen molar-refractivity contribution in [1.82, 2.24) is 0 Å². The van der Waals surface area contributed by atoms with E-state index in [9.17, 15) is 9.13 Å². The number of thiol groups is 1. The predicted molar refractivity (Wildman–Crippen MR) is 44.0 cm³/mol. The third kappa shape index (κ3) is 32.4. The van der Waals surface area contributed by atoms with Gasteiger partial charge in [-0.3, -0.25) is 0 Å². The molecule has 0 aromatic rings. The van der Waals surface area contributed by atoms with Gasteiger partial charge in [-0.15, -0.1) is 0 Å². The normalized spacial score (nSPS) is 12.9. The second-order valence-electron chi connectivity index (χ2n) is 1.32. The maximum atomic E-state index is 9.63. The molecule has 0 radical (unpaired) electrons. The van der Waals surface area contributed by atoms with Crippen molar-refractivity contribution in [3.05, 3.63) is 0 Å². The van der Waals surface area contributed by atoms with E-state index in [2.05, 4.69) is 16.6 Å². The zero-order valence-corrected chi connectivity index (χ0v) is 9.24. The SMILES string of the molecule is O=P(O)(O)OP(=O)(O)O.O=[P+](O)S. The first-order valence-corrected chi connectivity index (χ1v) is 7.54. The van der Waals surface area contributed by atoms with Crippen LogP contribution in [0.4, 0.5) is 0 Å². The predicted octanol–water partition coefficient (Wildman–Crippen LogP) is -0.246. The Morgan fingerprint density at radius 3 is 1.23 bits per heavy atom. The highest BCUT2D eigenvalue weighted by atomic mass is 32.7. The number of phosphoric acid groups is 2. The zero-order chi connectivity index (χ0) is 11.3. The summed E-state index contributed by atoms with van der Waals surface area (Å²) in [6.45, 7) is 0. The minimum Gasteiger partial charge on any atom is -0.302 e. The Labute approximate surface area is 78.3 Å². The van der Waals surface area contributed by atoms with Crippen LogP contribution in [0.15, 0.2) is 0 Å². The Bertz CT molecular complexity index is 220. The minimum absolute atomic E-state index is 2.18. The van der Waals surface area contributed by atoms with Crippen molar-refractivity contribution >= 4 is 35.1 Å². The highest BCUT2D eigenvalue weighted by Crippen LogP contribution is 2.53. The van der Waals surface area contributed by atoms with E-state index in [1.54, 1.807) is 0 Å². The summed E-state index contributed by atoms with van der Waals surface area (Å²) in [5.41, 5.74) is 0. The van der Waals surface area contributed by atoms with Crippen molar-refractivity contribution in [1.29, 1.82) is 0 Å². The second kappa shape index (κ2) is 6.21. The fourth-order valence-electron chi connectivity index (χ4n) is 0.139. The van der Waals surface area contributed by atoms with Crippen LogP contribution in [0, 0.1) is 0 Å². The van der Waals surface area contributed by atoms with Gasteiger partial charge >= 0.3 is 22.9 Å². The van der Waals surface area contributed by atoms with Crippen LogP contribution >= 0.6 is 35.1 Å². The molecule has 0 aromatic heterocycles. The number of hydrogen-bond acceptors (Lipinski definition) is 4. The highest BCUT2D eigenvalue weighted by molar-refractivity contribution is 8.38. The van der Waals surface area contributed by atoms with Crippen molar-refractivity contribution in [2.75, 3.05) is 0 Å². The minimum atomic E-state index is -5.05. The van der Waals surface area contributed by atoms with Crippen LogP contribution in [0.5, 0.6) is 0 Å². The molecular weight excluding hydrogens is 269 g/mol. The lowest BCUT2D eigenvalue weighted by atomic mass is 15.7. The van der Waals surface area contributed by atoms with Crippen molar-refractivity contribution in [3.8, 4) is 0 Å². The summed E-state index contributed by atoms with van der Waals surface area (Å²) in [5.74, 6) is 0. The van der Waals surface area contributed by atoms with Gasteiger partial charge in [0.25, 0.3) is 0 Å². The summed E-state index contributed by atoms with van der Waals surface area (Å²) < 4.78 is 31.2. The van der Waals surface area contributed by atoms with Gasteiger partial charge in [0.15, 0.2) is 0 Å². The fourth-order valence-corrected chi connectivity index (χ4v) is 1.25. The van der Waals surface area contributed by atoms with Gasteiger partial charge in [0.2, 0.25) is 0 Å². The van der Waals surface area contributed by atoms with Crippen molar-refractivity contribution < 1.29 is 42.5 Å². The Morgan fingerprint density at radius 1 is 1.08 bits per heavy atom. The van der Waals surface area contributed by atoms with Crippen LogP contribution in [0.1, 0.15) is 0 Å². The monoisotopic (exact) mass is 275 g/mol. The topological polar surface area (TPSA) is 162 Å². The largest absolute Gasteiger partial charge is 0.579 e. The lowest BCUT2D eigenvalue weighted by Gasteiger charge is -2.03. The summed E-state index contributed by atoms with van der Waals surface area (Å²) >= 11 is 3.03. The summed E-state index contributed by atoms with van der Waals surface area (Å²) in [5, 5.41) is 0. The van der Waals surface area contributed by atoms with E-state index in [0.29, 0.717) is 0 Å². The molecule has 9 nitrogen and oxygen atoms in total. The molecule has 80 valence electrons. The molecule has 5 N–H and O–H groups in total. The molecule has 0 aliphatic heterocycles. The smallest absolute Gasteiger partial charge is 0.302 e. The van der Waals surface area contributed by atoms with Gasteiger partial charge in [0.05, 0.1) is 0 Å². The first-order chi connectivity index (χ1) is 5.44. The van der Waals surface area contributed by atoms with Gasteiger partial charge in [0, 0.05) is 0 Å². The van der Waals surface area contributed by atoms with Crippen LogP contribution in [0.3, 0.4) is 0 Å². The van der Waals surface area contributed by atoms with Gasteiger partial charge in [-0.1, -0.05) is 0 Å². The number of rotatable bonds is 2. The van der Waals surface area contributed by atoms with E-state index in [1.807, 2.05) is 0 Å². The Hall–Kier alpha value is 0.670. The van der Waals surface area contributed by atoms with E-state index in [-0.39, 0.29) is 0 Å². The summed E-state index contributed by atoms with van der Waals surface area (Å²) in [7, 11) is -12.3. The second-order valence-corrected chi connectivity index (χ2v) is 5.46. The van der Waals surface area contributed by atoms with Crippen LogP contribution in [0.2, 0.25) is 0 Å². The standard InChI is InChI=1S/H4O7P2.HO2PS/c1-8(2,3)7-9(4,5)6;1-3(2)4/h(H2,1,2,3)(H2,4,5,6);(H-,1,2,4)/p+1. The molecule has 0 fully saturated rings. The van der Waals surface area contributed by atoms with E-state index < -0.39 is 22.9 Å². The van der Waals surface area contributed by atoms with Crippen molar-refractivity contribution in [2.45, 2.75) is 0 Å². The quantitative estimate of drug-likeness (QED) is 0.295. The van der Waals surface area contributed by atoms with E-state index in [1.165, 1.54) is 0 Å². The Balaban J connectivity index is 0. The maximum absolute atomic E-state index is 9.63. The van der Waals surface area contributed by atoms with Crippen molar-refractivity contribution in [2.24, 2.45) is 0 Å². The molecule has 0 heterocycles. The Kier molecular flexibility index (Phi) is 7.70. The molecule has 0 bridgehead atoms. The molecule has 13 heteroatoms. The molecule has 0 saturated heterocycles. The molecule has 13 heavy (non-hydrogen) atoms. The molecule has 1 atom stereocenters. The molecule has 0 saturated carbocycles. The molecule has 0 aliphatic rings. The molecule has 0 rings (SSSR count). The van der Waals surface area contributed by atoms with E-state index in [4.69, 9.17) is 29.0 Å². The lowest BCUT2D eigenvalue weighted by Crippen LogP contribution is -1.84. The first-order valence-electron chi connectivity index (χ1n) is 2.11. The lowest BCUT2D eigenvalue weighted by molar-refractivity contribution is 0.225. The van der Waals surface area contributed by atoms with Gasteiger partial charge in [-0.25, -0.2) is 9.13 Å². The molecule has 0 aliphatic carbocycles. The van der Waals surface area contributed by atoms with Crippen molar-refractivity contribution in [3.63, 3.8) is 0 Å². The third-order valence-electron chi connectivity index (χ3n) is 0.213. The van der Waals surface area contributed by atoms with Crippen LogP contribution in [-0.2, 0) is 18.0 Å². The average molecular weight is 275 g/mol. The van der Waals surface area contributed by atoms with E-state index in [0.717, 1.165) is 0 Å². The summed E-state index contributed by atoms with van der Waals surface area (Å²) in [6, 6.07) is 0. The zero-order valence-electron chi connectivity index (χ0n) is 5.66. The molecule has 0 aromatic carbocycles. The summed E-state index contributed by atoms with van der Waals surface area (Å²) in [6.07, 6.45) is 0. The van der Waals surface area contributed by atoms with Gasteiger partial charge in [-0.05, 0) is 4.57 Å². The molecular formula is H6O9P3S+. The maximum Gasteiger partial charge on any atom is 0.579 e. The molecule has 0 amide bonds. The first kappa shape index (κ1) is 16.1. The number of hydrogen-bond donors (Lipinski definition) is 6. The molecule has 0 spiro atoms. The third-order valence-corrected chi connectivity index (χ3v) is 1.91. The van der Waals surface area contributed by atoms with Crippen LogP contribution < -0.4 is 0 Å². The van der Waals surface area contributed by atoms with Gasteiger partial charge in [-0.2, -0.15) is 9.20 Å². The van der Waals surface area contributed by atoms with Gasteiger partial charge < -0.3 is 19.6 Å². The van der Waals surface area contributed by atoms with Crippen LogP contribution in [-0.4, -0.2) is 24.5 Å². The summed E-state index contributed by atoms with van der Waals surface area (Å²) in [4.78, 5) is 38.4. The molecule has 1 unspecified atom stereocenters. The van der Waals surface area contributed by atoms with E-state index >= 15 is 0 Å². The Morgan fingerprint density at radius 2 is 1.23 bits per heavy atom. The fraction of sp³-hybridized carbons (Fsp3) is 0. The van der Waals surface area contributed by atoms with Crippen LogP contribution in [0.25, 0.3) is 0 Å². The average Bonchev–Trinajstić information content (AvgIpc) is 1.47. The highest BCUT2D eigenvalue weighted by Gasteiger charge is 2.27.